The lowest BCUT2D eigenvalue weighted by Gasteiger charge is -2.41. The van der Waals surface area contributed by atoms with Crippen molar-refractivity contribution < 1.29 is 13.9 Å². The van der Waals surface area contributed by atoms with Crippen LogP contribution < -0.4 is 14.5 Å². The fraction of sp³-hybridized carbons (Fsp3) is 0.579. The van der Waals surface area contributed by atoms with Gasteiger partial charge >= 0.3 is 6.01 Å². The topological polar surface area (TPSA) is 92.1 Å². The normalized spacial score (nSPS) is 23.5. The Morgan fingerprint density at radius 3 is 2.76 bits per heavy atom. The van der Waals surface area contributed by atoms with Gasteiger partial charge in [0.1, 0.15) is 18.6 Å². The molecule has 0 radical (unpaired) electrons. The van der Waals surface area contributed by atoms with Crippen LogP contribution >= 0.6 is 0 Å². The molecular formula is C38H49FN8O2. The minimum Gasteiger partial charge on any atom is -0.462 e. The molecule has 0 saturated carbocycles. The number of aryl methyl sites for hydroxylation is 1. The summed E-state index contributed by atoms with van der Waals surface area (Å²) in [4.78, 5) is 34.3. The maximum Gasteiger partial charge on any atom is 0.318 e. The van der Waals surface area contributed by atoms with Gasteiger partial charge in [0.2, 0.25) is 5.91 Å². The second-order valence-corrected chi connectivity index (χ2v) is 14.3. The number of alkyl halides is 1. The summed E-state index contributed by atoms with van der Waals surface area (Å²) in [7, 11) is 2.15. The van der Waals surface area contributed by atoms with Crippen molar-refractivity contribution in [3.63, 3.8) is 0 Å². The quantitative estimate of drug-likeness (QED) is 0.361. The highest BCUT2D eigenvalue weighted by molar-refractivity contribution is 5.88. The number of anilines is 2. The highest BCUT2D eigenvalue weighted by Gasteiger charge is 2.34. The van der Waals surface area contributed by atoms with Crippen LogP contribution in [0.15, 0.2) is 36.4 Å². The van der Waals surface area contributed by atoms with Gasteiger partial charge in [-0.3, -0.25) is 9.69 Å². The molecule has 0 spiro atoms. The molecule has 1 aromatic carbocycles. The van der Waals surface area contributed by atoms with Gasteiger partial charge in [-0.15, -0.1) is 0 Å². The summed E-state index contributed by atoms with van der Waals surface area (Å²) >= 11 is 0. The molecule has 1 unspecified atom stereocenters. The number of aromatic nitrogens is 2. The molecule has 4 aliphatic heterocycles. The molecule has 260 valence electrons. The monoisotopic (exact) mass is 668 g/mol. The Balaban J connectivity index is 1.16. The van der Waals surface area contributed by atoms with Crippen LogP contribution in [0.4, 0.5) is 15.9 Å². The van der Waals surface area contributed by atoms with Crippen molar-refractivity contribution in [2.45, 2.75) is 76.7 Å². The number of nitriles is 1. The van der Waals surface area contributed by atoms with E-state index in [0.717, 1.165) is 62.3 Å². The predicted octanol–water partition coefficient (Wildman–Crippen LogP) is 4.39. The Morgan fingerprint density at radius 1 is 1.08 bits per heavy atom. The first-order valence-corrected chi connectivity index (χ1v) is 18.1. The lowest BCUT2D eigenvalue weighted by atomic mass is 9.90. The molecule has 1 aromatic heterocycles. The van der Waals surface area contributed by atoms with E-state index in [2.05, 4.69) is 59.0 Å². The van der Waals surface area contributed by atoms with E-state index in [0.29, 0.717) is 64.5 Å². The van der Waals surface area contributed by atoms with Gasteiger partial charge in [0, 0.05) is 74.7 Å². The van der Waals surface area contributed by atoms with Crippen molar-refractivity contribution in [1.82, 2.24) is 24.7 Å². The number of hydrogen-bond donors (Lipinski definition) is 0. The second-order valence-electron chi connectivity index (χ2n) is 14.3. The zero-order valence-electron chi connectivity index (χ0n) is 29.0. The fourth-order valence-corrected chi connectivity index (χ4v) is 8.21. The number of piperazine rings is 1. The summed E-state index contributed by atoms with van der Waals surface area (Å²) < 4.78 is 19.6. The Labute approximate surface area is 289 Å². The second kappa shape index (κ2) is 14.9. The van der Waals surface area contributed by atoms with Gasteiger partial charge < -0.3 is 24.3 Å². The average molecular weight is 669 g/mol. The van der Waals surface area contributed by atoms with E-state index in [1.165, 1.54) is 28.8 Å². The molecule has 3 fully saturated rings. The first-order chi connectivity index (χ1) is 23.9. The lowest BCUT2D eigenvalue weighted by molar-refractivity contribution is -0.128. The molecule has 0 bridgehead atoms. The molecule has 3 saturated heterocycles. The van der Waals surface area contributed by atoms with Crippen LogP contribution in [0.2, 0.25) is 0 Å². The number of carbonyl (C=O) groups is 1. The highest BCUT2D eigenvalue weighted by Crippen LogP contribution is 2.38. The van der Waals surface area contributed by atoms with Crippen molar-refractivity contribution in [3.8, 4) is 12.1 Å². The van der Waals surface area contributed by atoms with Crippen LogP contribution in [0.25, 0.3) is 5.57 Å². The average Bonchev–Trinajstić information content (AvgIpc) is 3.37. The number of fused-ring (bicyclic) bond motifs is 2. The van der Waals surface area contributed by atoms with Gasteiger partial charge in [-0.1, -0.05) is 24.3 Å². The molecule has 11 heteroatoms. The summed E-state index contributed by atoms with van der Waals surface area (Å²) in [5.74, 6) is 0.770. The third-order valence-electron chi connectivity index (χ3n) is 11.0. The Hall–Kier alpha value is -4.01. The van der Waals surface area contributed by atoms with Gasteiger partial charge in [0.15, 0.2) is 0 Å². The Kier molecular flexibility index (Phi) is 10.1. The Bertz CT molecular complexity index is 1630. The SMILES string of the molecule is CC1=CCCc2cccc(N3CCCc4c(nc(OC[C@@H]5CCCN5C)nc4N4CCN(C(=O)/C=C/CN5CC(F)C5)C(CC#N)C4)C3)c21. The number of likely N-dealkylation sites (tertiary alicyclic amines) is 2. The van der Waals surface area contributed by atoms with Crippen molar-refractivity contribution in [2.24, 2.45) is 0 Å². The number of carbonyl (C=O) groups excluding carboxylic acids is 1. The fourth-order valence-electron chi connectivity index (χ4n) is 8.21. The third-order valence-corrected chi connectivity index (χ3v) is 11.0. The van der Waals surface area contributed by atoms with E-state index in [4.69, 9.17) is 14.7 Å². The first-order valence-electron chi connectivity index (χ1n) is 18.1. The zero-order chi connectivity index (χ0) is 33.9. The van der Waals surface area contributed by atoms with Crippen molar-refractivity contribution in [1.29, 1.82) is 5.26 Å². The van der Waals surface area contributed by atoms with E-state index in [1.54, 1.807) is 6.08 Å². The number of halogens is 1. The van der Waals surface area contributed by atoms with Gasteiger partial charge in [-0.05, 0) is 76.2 Å². The molecule has 10 nitrogen and oxygen atoms in total. The van der Waals surface area contributed by atoms with Gasteiger partial charge in [-0.25, -0.2) is 4.39 Å². The van der Waals surface area contributed by atoms with E-state index in [1.807, 2.05) is 15.9 Å². The summed E-state index contributed by atoms with van der Waals surface area (Å²) in [6, 6.07) is 9.49. The Morgan fingerprint density at radius 2 is 1.96 bits per heavy atom. The third kappa shape index (κ3) is 7.31. The van der Waals surface area contributed by atoms with Gasteiger partial charge in [0.25, 0.3) is 0 Å². The number of likely N-dealkylation sites (N-methyl/N-ethyl adjacent to an activating group) is 1. The number of rotatable bonds is 9. The van der Waals surface area contributed by atoms with E-state index in [9.17, 15) is 14.4 Å². The number of nitrogens with zero attached hydrogens (tertiary/aromatic N) is 8. The lowest BCUT2D eigenvalue weighted by Crippen LogP contribution is -2.55. The molecule has 5 heterocycles. The predicted molar refractivity (Wildman–Crippen MR) is 189 cm³/mol. The zero-order valence-corrected chi connectivity index (χ0v) is 29.0. The van der Waals surface area contributed by atoms with E-state index in [-0.39, 0.29) is 18.4 Å². The minimum absolute atomic E-state index is 0.102. The number of amides is 1. The minimum atomic E-state index is -0.767. The van der Waals surface area contributed by atoms with Crippen molar-refractivity contribution in [2.75, 3.05) is 75.8 Å². The van der Waals surface area contributed by atoms with Crippen LogP contribution in [0.1, 0.15) is 61.4 Å². The van der Waals surface area contributed by atoms with Crippen LogP contribution in [-0.4, -0.2) is 115 Å². The molecule has 0 N–H and O–H groups in total. The summed E-state index contributed by atoms with van der Waals surface area (Å²) in [5.41, 5.74) is 7.51. The molecule has 2 aromatic rings. The van der Waals surface area contributed by atoms with Crippen LogP contribution in [0.3, 0.4) is 0 Å². The van der Waals surface area contributed by atoms with E-state index >= 15 is 0 Å². The van der Waals surface area contributed by atoms with Crippen LogP contribution in [0.5, 0.6) is 6.01 Å². The summed E-state index contributed by atoms with van der Waals surface area (Å²) in [5, 5.41) is 9.77. The molecule has 5 aliphatic rings. The summed E-state index contributed by atoms with van der Waals surface area (Å²) in [6.07, 6.45) is 11.4. The standard InChI is InChI=1S/C38H49FN8O2/c1-27-8-3-9-28-10-4-13-34(36(27)28)45-19-6-12-32-33(25-45)41-38(49-26-31-11-5-17-43(31)2)42-37(32)46-20-21-47(30(24-46)15-16-40)35(48)14-7-18-44-22-29(39)23-44/h4,7-8,10,13-14,29-31H,3,5-6,9,11-12,15,17-26H2,1-2H3/b14-7+/t30?,31-/m0/s1. The molecule has 7 rings (SSSR count). The van der Waals surface area contributed by atoms with Crippen molar-refractivity contribution >= 4 is 23.0 Å². The van der Waals surface area contributed by atoms with Crippen LogP contribution in [0, 0.1) is 11.3 Å². The van der Waals surface area contributed by atoms with Crippen molar-refractivity contribution in [3.05, 3.63) is 58.8 Å². The maximum atomic E-state index is 13.3. The van der Waals surface area contributed by atoms with E-state index < -0.39 is 6.17 Å². The number of ether oxygens (including phenoxy) is 1. The first kappa shape index (κ1) is 33.5. The van der Waals surface area contributed by atoms with Gasteiger partial charge in [-0.2, -0.15) is 15.2 Å². The molecule has 49 heavy (non-hydrogen) atoms. The number of allylic oxidation sites excluding steroid dienone is 2. The largest absolute Gasteiger partial charge is 0.462 e. The molecule has 1 amide bonds. The molecule has 1 aliphatic carbocycles. The summed E-state index contributed by atoms with van der Waals surface area (Å²) in [6.45, 7) is 8.42. The maximum absolute atomic E-state index is 13.3. The number of hydrogen-bond acceptors (Lipinski definition) is 9. The molecular weight excluding hydrogens is 619 g/mol. The smallest absolute Gasteiger partial charge is 0.318 e. The highest BCUT2D eigenvalue weighted by atomic mass is 19.1. The number of benzene rings is 1. The van der Waals surface area contributed by atoms with Gasteiger partial charge in [0.05, 0.1) is 30.8 Å². The molecule has 2 atom stereocenters. The van der Waals surface area contributed by atoms with Crippen LogP contribution in [-0.2, 0) is 24.2 Å².